The molecule has 3 aliphatic rings. The summed E-state index contributed by atoms with van der Waals surface area (Å²) < 4.78 is 6.00. The summed E-state index contributed by atoms with van der Waals surface area (Å²) in [5, 5.41) is 0. The molecule has 2 heterocycles. The second-order valence-corrected chi connectivity index (χ2v) is 9.74. The summed E-state index contributed by atoms with van der Waals surface area (Å²) in [5.74, 6) is 1.94. The molecule has 3 fully saturated rings. The molecule has 4 nitrogen and oxygen atoms in total. The molecule has 162 valence electrons. The van der Waals surface area contributed by atoms with E-state index in [1.54, 1.807) is 0 Å². The van der Waals surface area contributed by atoms with Crippen LogP contribution in [0.2, 0.25) is 0 Å². The van der Waals surface area contributed by atoms with Gasteiger partial charge in [0.1, 0.15) is 12.3 Å². The lowest BCUT2D eigenvalue weighted by molar-refractivity contribution is -0.137. The quantitative estimate of drug-likeness (QED) is 0.553. The van der Waals surface area contributed by atoms with Crippen LogP contribution in [0.4, 0.5) is 0 Å². The molecule has 4 heteroatoms. The Morgan fingerprint density at radius 3 is 2.03 bits per heavy atom. The fraction of sp³-hybridized carbons (Fsp3) is 0.840. The largest absolute Gasteiger partial charge is 0.446 e. The zero-order valence-electron chi connectivity index (χ0n) is 18.2. The van der Waals surface area contributed by atoms with E-state index >= 15 is 0 Å². The van der Waals surface area contributed by atoms with Gasteiger partial charge in [0.15, 0.2) is 0 Å². The molecule has 1 aromatic heterocycles. The minimum atomic E-state index is 0.0671. The zero-order valence-corrected chi connectivity index (χ0v) is 18.2. The monoisotopic (exact) mass is 400 g/mol. The molecule has 1 aromatic rings. The first kappa shape index (κ1) is 20.9. The van der Waals surface area contributed by atoms with Gasteiger partial charge in [-0.2, -0.15) is 0 Å². The second kappa shape index (κ2) is 10.6. The molecule has 0 spiro atoms. The van der Waals surface area contributed by atoms with E-state index in [9.17, 15) is 4.79 Å². The van der Waals surface area contributed by atoms with E-state index in [2.05, 4.69) is 4.90 Å². The fourth-order valence-corrected chi connectivity index (χ4v) is 5.79. The standard InChI is InChI=1S/C25H40N2O2/c28-25(21-15-10-4-1-2-5-11-16-21)27-18-12-17-23(27)24-26-22(19-29-24)20-13-8-6-3-7-9-14-20/h19-21,23H,1-18H2/t23-/m0/s1. The van der Waals surface area contributed by atoms with E-state index in [1.165, 1.54) is 83.5 Å². The molecule has 0 aromatic carbocycles. The van der Waals surface area contributed by atoms with Crippen LogP contribution in [0.15, 0.2) is 10.7 Å². The first-order chi connectivity index (χ1) is 14.3. The van der Waals surface area contributed by atoms with Crippen molar-refractivity contribution in [3.05, 3.63) is 17.8 Å². The average molecular weight is 401 g/mol. The minimum absolute atomic E-state index is 0.0671. The lowest BCUT2D eigenvalue weighted by Crippen LogP contribution is -2.36. The van der Waals surface area contributed by atoms with Crippen LogP contribution < -0.4 is 0 Å². The third-order valence-electron chi connectivity index (χ3n) is 7.59. The number of amides is 1. The van der Waals surface area contributed by atoms with E-state index in [1.807, 2.05) is 6.26 Å². The Kier molecular flexibility index (Phi) is 7.67. The number of likely N-dealkylation sites (tertiary alicyclic amines) is 1. The highest BCUT2D eigenvalue weighted by molar-refractivity contribution is 5.79. The van der Waals surface area contributed by atoms with Gasteiger partial charge < -0.3 is 9.32 Å². The van der Waals surface area contributed by atoms with E-state index in [4.69, 9.17) is 9.40 Å². The van der Waals surface area contributed by atoms with E-state index in [-0.39, 0.29) is 12.0 Å². The van der Waals surface area contributed by atoms with Crippen molar-refractivity contribution in [2.45, 2.75) is 121 Å². The maximum Gasteiger partial charge on any atom is 0.226 e. The Balaban J connectivity index is 1.42. The van der Waals surface area contributed by atoms with Crippen molar-refractivity contribution in [2.24, 2.45) is 5.92 Å². The van der Waals surface area contributed by atoms with Gasteiger partial charge in [-0.15, -0.1) is 0 Å². The molecule has 0 unspecified atom stereocenters. The molecular formula is C25H40N2O2. The summed E-state index contributed by atoms with van der Waals surface area (Å²) in [6, 6.07) is 0.0671. The van der Waals surface area contributed by atoms with Crippen LogP contribution in [0.3, 0.4) is 0 Å². The van der Waals surface area contributed by atoms with Crippen LogP contribution in [0.25, 0.3) is 0 Å². The van der Waals surface area contributed by atoms with Gasteiger partial charge in [-0.3, -0.25) is 4.79 Å². The predicted octanol–water partition coefficient (Wildman–Crippen LogP) is 6.92. The molecule has 1 aliphatic heterocycles. The van der Waals surface area contributed by atoms with Gasteiger partial charge in [0.25, 0.3) is 0 Å². The number of carbonyl (C=O) groups is 1. The minimum Gasteiger partial charge on any atom is -0.446 e. The molecule has 0 N–H and O–H groups in total. The van der Waals surface area contributed by atoms with Crippen molar-refractivity contribution >= 4 is 5.91 Å². The predicted molar refractivity (Wildman–Crippen MR) is 116 cm³/mol. The molecule has 2 aliphatic carbocycles. The van der Waals surface area contributed by atoms with Gasteiger partial charge in [0, 0.05) is 18.4 Å². The van der Waals surface area contributed by atoms with Crippen LogP contribution in [0, 0.1) is 5.92 Å². The molecular weight excluding hydrogens is 360 g/mol. The zero-order chi connectivity index (χ0) is 19.9. The van der Waals surface area contributed by atoms with Crippen molar-refractivity contribution in [3.8, 4) is 0 Å². The number of carbonyl (C=O) groups excluding carboxylic acids is 1. The van der Waals surface area contributed by atoms with E-state index in [0.29, 0.717) is 11.8 Å². The van der Waals surface area contributed by atoms with Crippen molar-refractivity contribution < 1.29 is 9.21 Å². The molecule has 0 radical (unpaired) electrons. The molecule has 2 saturated carbocycles. The van der Waals surface area contributed by atoms with Gasteiger partial charge in [-0.1, -0.05) is 70.6 Å². The Bertz CT molecular complexity index is 623. The Hall–Kier alpha value is -1.32. The highest BCUT2D eigenvalue weighted by Crippen LogP contribution is 2.37. The molecule has 29 heavy (non-hydrogen) atoms. The lowest BCUT2D eigenvalue weighted by Gasteiger charge is -2.27. The third kappa shape index (κ3) is 5.44. The first-order valence-corrected chi connectivity index (χ1v) is 12.6. The number of rotatable bonds is 3. The fourth-order valence-electron chi connectivity index (χ4n) is 5.79. The summed E-state index contributed by atoms with van der Waals surface area (Å²) in [6.45, 7) is 0.876. The van der Waals surface area contributed by atoms with Gasteiger partial charge in [0.05, 0.1) is 5.69 Å². The number of oxazole rings is 1. The van der Waals surface area contributed by atoms with E-state index in [0.717, 1.165) is 43.8 Å². The van der Waals surface area contributed by atoms with Crippen molar-refractivity contribution in [1.82, 2.24) is 9.88 Å². The second-order valence-electron chi connectivity index (χ2n) is 9.74. The number of hydrogen-bond acceptors (Lipinski definition) is 3. The van der Waals surface area contributed by atoms with Crippen LogP contribution >= 0.6 is 0 Å². The summed E-state index contributed by atoms with van der Waals surface area (Å²) in [6.07, 6.45) is 23.0. The Morgan fingerprint density at radius 2 is 1.38 bits per heavy atom. The molecule has 1 saturated heterocycles. The van der Waals surface area contributed by atoms with Gasteiger partial charge in [-0.25, -0.2) is 4.98 Å². The van der Waals surface area contributed by atoms with Crippen molar-refractivity contribution in [2.75, 3.05) is 6.54 Å². The molecule has 0 bridgehead atoms. The van der Waals surface area contributed by atoms with Crippen LogP contribution in [0.5, 0.6) is 0 Å². The van der Waals surface area contributed by atoms with E-state index < -0.39 is 0 Å². The summed E-state index contributed by atoms with van der Waals surface area (Å²) in [5.41, 5.74) is 1.14. The van der Waals surface area contributed by atoms with Gasteiger partial charge in [-0.05, 0) is 38.5 Å². The topological polar surface area (TPSA) is 46.3 Å². The molecule has 1 atom stereocenters. The van der Waals surface area contributed by atoms with Gasteiger partial charge in [0.2, 0.25) is 11.8 Å². The van der Waals surface area contributed by atoms with Gasteiger partial charge >= 0.3 is 0 Å². The smallest absolute Gasteiger partial charge is 0.226 e. The Labute approximate surface area is 176 Å². The molecule has 4 rings (SSSR count). The Morgan fingerprint density at radius 1 is 0.793 bits per heavy atom. The third-order valence-corrected chi connectivity index (χ3v) is 7.59. The first-order valence-electron chi connectivity index (χ1n) is 12.6. The number of hydrogen-bond donors (Lipinski definition) is 0. The normalized spacial score (nSPS) is 26.3. The highest BCUT2D eigenvalue weighted by atomic mass is 16.3. The number of aromatic nitrogens is 1. The average Bonchev–Trinajstić information content (AvgIpc) is 3.38. The van der Waals surface area contributed by atoms with Crippen LogP contribution in [0.1, 0.15) is 133 Å². The molecule has 1 amide bonds. The summed E-state index contributed by atoms with van der Waals surface area (Å²) in [4.78, 5) is 20.5. The SMILES string of the molecule is O=C(C1CCCCCCCC1)N1CCC[C@H]1c1nc(C2CCCCCCC2)co1. The number of nitrogens with zero attached hydrogens (tertiary/aromatic N) is 2. The van der Waals surface area contributed by atoms with Crippen LogP contribution in [-0.4, -0.2) is 22.3 Å². The maximum atomic E-state index is 13.4. The van der Waals surface area contributed by atoms with Crippen LogP contribution in [-0.2, 0) is 4.79 Å². The summed E-state index contributed by atoms with van der Waals surface area (Å²) in [7, 11) is 0. The van der Waals surface area contributed by atoms with Crippen molar-refractivity contribution in [3.63, 3.8) is 0 Å². The van der Waals surface area contributed by atoms with Crippen molar-refractivity contribution in [1.29, 1.82) is 0 Å². The maximum absolute atomic E-state index is 13.4. The highest BCUT2D eigenvalue weighted by Gasteiger charge is 2.36. The lowest BCUT2D eigenvalue weighted by atomic mass is 9.89. The summed E-state index contributed by atoms with van der Waals surface area (Å²) >= 11 is 0.